The lowest BCUT2D eigenvalue weighted by Gasteiger charge is -2.23. The van der Waals surface area contributed by atoms with Crippen molar-refractivity contribution >= 4 is 11.6 Å². The van der Waals surface area contributed by atoms with Gasteiger partial charge in [-0.3, -0.25) is 4.90 Å². The SMILES string of the molecule is CCN1CCC[C@H]1CNCc1ccccc1Cl. The molecule has 2 nitrogen and oxygen atoms in total. The quantitative estimate of drug-likeness (QED) is 0.867. The molecule has 0 radical (unpaired) electrons. The molecule has 0 bridgehead atoms. The third kappa shape index (κ3) is 3.44. The van der Waals surface area contributed by atoms with Crippen molar-refractivity contribution in [2.45, 2.75) is 32.4 Å². The second kappa shape index (κ2) is 6.39. The van der Waals surface area contributed by atoms with Crippen LogP contribution < -0.4 is 5.32 Å². The Labute approximate surface area is 109 Å². The van der Waals surface area contributed by atoms with Crippen molar-refractivity contribution in [3.8, 4) is 0 Å². The summed E-state index contributed by atoms with van der Waals surface area (Å²) in [6.45, 7) is 6.60. The Morgan fingerprint density at radius 1 is 1.41 bits per heavy atom. The van der Waals surface area contributed by atoms with Gasteiger partial charge in [0.15, 0.2) is 0 Å². The predicted octanol–water partition coefficient (Wildman–Crippen LogP) is 2.91. The molecule has 1 aromatic rings. The van der Waals surface area contributed by atoms with Gasteiger partial charge in [0.05, 0.1) is 0 Å². The van der Waals surface area contributed by atoms with Crippen molar-refractivity contribution in [1.29, 1.82) is 0 Å². The van der Waals surface area contributed by atoms with Gasteiger partial charge >= 0.3 is 0 Å². The molecule has 1 aromatic carbocycles. The van der Waals surface area contributed by atoms with Crippen LogP contribution in [0.2, 0.25) is 5.02 Å². The van der Waals surface area contributed by atoms with E-state index >= 15 is 0 Å². The lowest BCUT2D eigenvalue weighted by molar-refractivity contribution is 0.260. The molecular formula is C14H21ClN2. The zero-order valence-electron chi connectivity index (χ0n) is 10.5. The summed E-state index contributed by atoms with van der Waals surface area (Å²) < 4.78 is 0. The Morgan fingerprint density at radius 3 is 3.00 bits per heavy atom. The van der Waals surface area contributed by atoms with Crippen molar-refractivity contribution in [2.75, 3.05) is 19.6 Å². The normalized spacial score (nSPS) is 20.9. The number of halogens is 1. The van der Waals surface area contributed by atoms with E-state index in [1.165, 1.54) is 31.5 Å². The highest BCUT2D eigenvalue weighted by Crippen LogP contribution is 2.17. The van der Waals surface area contributed by atoms with Crippen molar-refractivity contribution in [2.24, 2.45) is 0 Å². The summed E-state index contributed by atoms with van der Waals surface area (Å²) in [6.07, 6.45) is 2.66. The summed E-state index contributed by atoms with van der Waals surface area (Å²) in [4.78, 5) is 2.56. The molecular weight excluding hydrogens is 232 g/mol. The highest BCUT2D eigenvalue weighted by molar-refractivity contribution is 6.31. The number of hydrogen-bond donors (Lipinski definition) is 1. The number of nitrogens with zero attached hydrogens (tertiary/aromatic N) is 1. The van der Waals surface area contributed by atoms with E-state index in [-0.39, 0.29) is 0 Å². The van der Waals surface area contributed by atoms with Crippen LogP contribution in [0, 0.1) is 0 Å². The zero-order chi connectivity index (χ0) is 12.1. The number of benzene rings is 1. The van der Waals surface area contributed by atoms with Crippen LogP contribution in [-0.2, 0) is 6.54 Å². The van der Waals surface area contributed by atoms with Gasteiger partial charge in [0, 0.05) is 24.2 Å². The highest BCUT2D eigenvalue weighted by Gasteiger charge is 2.21. The summed E-state index contributed by atoms with van der Waals surface area (Å²) in [5.74, 6) is 0. The second-order valence-corrected chi connectivity index (χ2v) is 5.05. The van der Waals surface area contributed by atoms with E-state index in [1.54, 1.807) is 0 Å². The molecule has 1 aliphatic heterocycles. The molecule has 3 heteroatoms. The fourth-order valence-electron chi connectivity index (χ4n) is 2.56. The molecule has 0 aliphatic carbocycles. The summed E-state index contributed by atoms with van der Waals surface area (Å²) >= 11 is 6.13. The number of likely N-dealkylation sites (tertiary alicyclic amines) is 1. The molecule has 94 valence electrons. The monoisotopic (exact) mass is 252 g/mol. The summed E-state index contributed by atoms with van der Waals surface area (Å²) in [6, 6.07) is 8.76. The van der Waals surface area contributed by atoms with E-state index in [1.807, 2.05) is 18.2 Å². The molecule has 1 atom stereocenters. The smallest absolute Gasteiger partial charge is 0.0450 e. The van der Waals surface area contributed by atoms with Crippen LogP contribution in [0.15, 0.2) is 24.3 Å². The average Bonchev–Trinajstić information content (AvgIpc) is 2.79. The van der Waals surface area contributed by atoms with E-state index in [9.17, 15) is 0 Å². The summed E-state index contributed by atoms with van der Waals surface area (Å²) in [5, 5.41) is 4.38. The molecule has 0 unspecified atom stereocenters. The Bertz CT molecular complexity index is 354. The van der Waals surface area contributed by atoms with Gasteiger partial charge in [-0.1, -0.05) is 36.7 Å². The van der Waals surface area contributed by atoms with Gasteiger partial charge in [-0.2, -0.15) is 0 Å². The molecule has 0 spiro atoms. The van der Waals surface area contributed by atoms with Crippen LogP contribution in [0.4, 0.5) is 0 Å². The summed E-state index contributed by atoms with van der Waals surface area (Å²) in [7, 11) is 0. The maximum atomic E-state index is 6.13. The van der Waals surface area contributed by atoms with E-state index in [0.29, 0.717) is 6.04 Å². The van der Waals surface area contributed by atoms with Gasteiger partial charge in [-0.15, -0.1) is 0 Å². The van der Waals surface area contributed by atoms with Crippen molar-refractivity contribution < 1.29 is 0 Å². The minimum Gasteiger partial charge on any atom is -0.311 e. The standard InChI is InChI=1S/C14H21ClN2/c1-2-17-9-5-7-13(17)11-16-10-12-6-3-4-8-14(12)15/h3-4,6,8,13,16H,2,5,7,9-11H2,1H3/t13-/m0/s1. The van der Waals surface area contributed by atoms with Crippen LogP contribution >= 0.6 is 11.6 Å². The van der Waals surface area contributed by atoms with Gasteiger partial charge in [-0.25, -0.2) is 0 Å². The Hall–Kier alpha value is -0.570. The van der Waals surface area contributed by atoms with E-state index in [2.05, 4.69) is 23.2 Å². The first-order valence-electron chi connectivity index (χ1n) is 6.49. The van der Waals surface area contributed by atoms with Gasteiger partial charge in [0.1, 0.15) is 0 Å². The van der Waals surface area contributed by atoms with E-state index in [4.69, 9.17) is 11.6 Å². The molecule has 17 heavy (non-hydrogen) atoms. The van der Waals surface area contributed by atoms with Crippen LogP contribution in [0.3, 0.4) is 0 Å². The van der Waals surface area contributed by atoms with Gasteiger partial charge in [0.2, 0.25) is 0 Å². The Balaban J connectivity index is 1.78. The average molecular weight is 253 g/mol. The lowest BCUT2D eigenvalue weighted by Crippen LogP contribution is -2.37. The number of rotatable bonds is 5. The lowest BCUT2D eigenvalue weighted by atomic mass is 10.2. The minimum atomic E-state index is 0.711. The highest BCUT2D eigenvalue weighted by atomic mass is 35.5. The molecule has 1 N–H and O–H groups in total. The van der Waals surface area contributed by atoms with Crippen LogP contribution in [0.25, 0.3) is 0 Å². The first-order valence-corrected chi connectivity index (χ1v) is 6.87. The molecule has 1 heterocycles. The first kappa shape index (κ1) is 12.9. The number of likely N-dealkylation sites (N-methyl/N-ethyl adjacent to an activating group) is 1. The second-order valence-electron chi connectivity index (χ2n) is 4.65. The van der Waals surface area contributed by atoms with Gasteiger partial charge in [0.25, 0.3) is 0 Å². The fraction of sp³-hybridized carbons (Fsp3) is 0.571. The zero-order valence-corrected chi connectivity index (χ0v) is 11.2. The van der Waals surface area contributed by atoms with Gasteiger partial charge in [-0.05, 0) is 37.6 Å². The summed E-state index contributed by atoms with van der Waals surface area (Å²) in [5.41, 5.74) is 1.19. The van der Waals surface area contributed by atoms with Crippen LogP contribution in [0.1, 0.15) is 25.3 Å². The van der Waals surface area contributed by atoms with E-state index in [0.717, 1.165) is 18.1 Å². The molecule has 1 saturated heterocycles. The number of hydrogen-bond acceptors (Lipinski definition) is 2. The first-order chi connectivity index (χ1) is 8.31. The molecule has 2 rings (SSSR count). The maximum absolute atomic E-state index is 6.13. The fourth-order valence-corrected chi connectivity index (χ4v) is 2.76. The van der Waals surface area contributed by atoms with Crippen LogP contribution in [-0.4, -0.2) is 30.6 Å². The van der Waals surface area contributed by atoms with Gasteiger partial charge < -0.3 is 5.32 Å². The molecule has 1 aliphatic rings. The van der Waals surface area contributed by atoms with Crippen molar-refractivity contribution in [3.63, 3.8) is 0 Å². The predicted molar refractivity (Wildman–Crippen MR) is 73.4 cm³/mol. The largest absolute Gasteiger partial charge is 0.311 e. The van der Waals surface area contributed by atoms with Crippen molar-refractivity contribution in [1.82, 2.24) is 10.2 Å². The molecule has 0 aromatic heterocycles. The molecule has 0 saturated carbocycles. The van der Waals surface area contributed by atoms with E-state index < -0.39 is 0 Å². The van der Waals surface area contributed by atoms with Crippen LogP contribution in [0.5, 0.6) is 0 Å². The third-order valence-electron chi connectivity index (χ3n) is 3.56. The maximum Gasteiger partial charge on any atom is 0.0450 e. The third-order valence-corrected chi connectivity index (χ3v) is 3.93. The topological polar surface area (TPSA) is 15.3 Å². The van der Waals surface area contributed by atoms with Crippen molar-refractivity contribution in [3.05, 3.63) is 34.9 Å². The molecule has 1 fully saturated rings. The minimum absolute atomic E-state index is 0.711. The number of nitrogens with one attached hydrogen (secondary N) is 1. The Morgan fingerprint density at radius 2 is 2.24 bits per heavy atom. The Kier molecular flexibility index (Phi) is 4.84. The molecule has 0 amide bonds.